The molecule has 1 atom stereocenters. The Hall–Kier alpha value is -1.39. The summed E-state index contributed by atoms with van der Waals surface area (Å²) in [7, 11) is 0. The molecule has 2 rings (SSSR count). The number of aryl methyl sites for hydroxylation is 1. The van der Waals surface area contributed by atoms with Crippen LogP contribution >= 0.6 is 0 Å². The van der Waals surface area contributed by atoms with Crippen LogP contribution in [0.1, 0.15) is 43.9 Å². The number of amides is 1. The third-order valence-electron chi connectivity index (χ3n) is 3.96. The van der Waals surface area contributed by atoms with Gasteiger partial charge in [-0.15, -0.1) is 0 Å². The lowest BCUT2D eigenvalue weighted by Gasteiger charge is -2.35. The summed E-state index contributed by atoms with van der Waals surface area (Å²) in [6, 6.07) is 8.84. The number of rotatable bonds is 6. The van der Waals surface area contributed by atoms with Crippen molar-refractivity contribution in [3.05, 3.63) is 35.4 Å². The monoisotopic (exact) mass is 290 g/mol. The third-order valence-corrected chi connectivity index (χ3v) is 3.96. The summed E-state index contributed by atoms with van der Waals surface area (Å²) in [6.07, 6.45) is 3.29. The van der Waals surface area contributed by atoms with Crippen molar-refractivity contribution in [1.29, 1.82) is 0 Å². The third kappa shape index (κ3) is 4.29. The van der Waals surface area contributed by atoms with Gasteiger partial charge in [0, 0.05) is 18.6 Å². The van der Waals surface area contributed by atoms with E-state index >= 15 is 0 Å². The Balaban J connectivity index is 2.13. The first-order chi connectivity index (χ1) is 10.1. The van der Waals surface area contributed by atoms with Crippen LogP contribution < -0.4 is 5.32 Å². The topological polar surface area (TPSA) is 52.6 Å². The number of carbonyl (C=O) groups excluding carboxylic acids is 1. The number of aliphatic hydroxyl groups excluding tert-OH is 1. The predicted octanol–water partition coefficient (Wildman–Crippen LogP) is 1.88. The molecule has 0 aliphatic heterocycles. The Kier molecular flexibility index (Phi) is 5.76. The summed E-state index contributed by atoms with van der Waals surface area (Å²) in [5.74, 6) is 0.0292. The minimum Gasteiger partial charge on any atom is -0.395 e. The molecule has 1 amide bonds. The molecule has 4 nitrogen and oxygen atoms in total. The second-order valence-electron chi connectivity index (χ2n) is 6.02. The largest absolute Gasteiger partial charge is 0.395 e. The molecule has 21 heavy (non-hydrogen) atoms. The highest BCUT2D eigenvalue weighted by atomic mass is 16.3. The van der Waals surface area contributed by atoms with Gasteiger partial charge in [-0.25, -0.2) is 0 Å². The maximum absolute atomic E-state index is 12.1. The lowest BCUT2D eigenvalue weighted by molar-refractivity contribution is -0.123. The Morgan fingerprint density at radius 1 is 1.43 bits per heavy atom. The molecule has 0 heterocycles. The van der Waals surface area contributed by atoms with E-state index in [2.05, 4.69) is 34.5 Å². The van der Waals surface area contributed by atoms with Gasteiger partial charge in [0.25, 0.3) is 0 Å². The van der Waals surface area contributed by atoms with Gasteiger partial charge in [0.1, 0.15) is 0 Å². The van der Waals surface area contributed by atoms with E-state index in [0.29, 0.717) is 13.1 Å². The molecule has 2 N–H and O–H groups in total. The molecule has 0 saturated carbocycles. The van der Waals surface area contributed by atoms with Gasteiger partial charge in [-0.3, -0.25) is 9.69 Å². The number of carbonyl (C=O) groups is 1. The summed E-state index contributed by atoms with van der Waals surface area (Å²) in [5.41, 5.74) is 2.69. The smallest absolute Gasteiger partial charge is 0.234 e. The van der Waals surface area contributed by atoms with Crippen LogP contribution in [0.2, 0.25) is 0 Å². The predicted molar refractivity (Wildman–Crippen MR) is 84.1 cm³/mol. The Bertz CT molecular complexity index is 474. The molecule has 0 bridgehead atoms. The van der Waals surface area contributed by atoms with Crippen molar-refractivity contribution in [3.63, 3.8) is 0 Å². The number of aliphatic hydroxyl groups is 1. The first kappa shape index (κ1) is 16.0. The zero-order valence-electron chi connectivity index (χ0n) is 13.0. The van der Waals surface area contributed by atoms with Crippen molar-refractivity contribution in [2.45, 2.75) is 45.2 Å². The minimum atomic E-state index is 0.0292. The summed E-state index contributed by atoms with van der Waals surface area (Å²) in [4.78, 5) is 14.2. The minimum absolute atomic E-state index is 0.0292. The van der Waals surface area contributed by atoms with Gasteiger partial charge in [0.15, 0.2) is 0 Å². The zero-order chi connectivity index (χ0) is 15.2. The van der Waals surface area contributed by atoms with Crippen LogP contribution in [0.3, 0.4) is 0 Å². The first-order valence-corrected chi connectivity index (χ1v) is 7.84. The van der Waals surface area contributed by atoms with Crippen molar-refractivity contribution >= 4 is 5.91 Å². The van der Waals surface area contributed by atoms with E-state index in [1.54, 1.807) is 0 Å². The number of nitrogens with one attached hydrogen (secondary N) is 1. The molecule has 1 aromatic carbocycles. The van der Waals surface area contributed by atoms with Crippen LogP contribution in [0.4, 0.5) is 0 Å². The zero-order valence-corrected chi connectivity index (χ0v) is 13.0. The van der Waals surface area contributed by atoms with Gasteiger partial charge in [-0.2, -0.15) is 0 Å². The van der Waals surface area contributed by atoms with Gasteiger partial charge in [-0.05, 0) is 44.2 Å². The number of hydrogen-bond donors (Lipinski definition) is 2. The van der Waals surface area contributed by atoms with E-state index in [9.17, 15) is 9.90 Å². The Morgan fingerprint density at radius 3 is 2.90 bits per heavy atom. The summed E-state index contributed by atoms with van der Waals surface area (Å²) in [5, 5.41) is 12.3. The molecular weight excluding hydrogens is 264 g/mol. The number of fused-ring (bicyclic) bond motifs is 1. The average Bonchev–Trinajstić information content (AvgIpc) is 2.45. The van der Waals surface area contributed by atoms with Crippen LogP contribution in [0.5, 0.6) is 0 Å². The molecule has 1 aliphatic rings. The highest BCUT2D eigenvalue weighted by molar-refractivity contribution is 5.78. The molecule has 0 spiro atoms. The van der Waals surface area contributed by atoms with Crippen molar-refractivity contribution in [3.8, 4) is 0 Å². The molecule has 0 aromatic heterocycles. The first-order valence-electron chi connectivity index (χ1n) is 7.84. The van der Waals surface area contributed by atoms with E-state index in [1.807, 2.05) is 13.8 Å². The fraction of sp³-hybridized carbons (Fsp3) is 0.588. The van der Waals surface area contributed by atoms with Gasteiger partial charge in [0.05, 0.1) is 13.2 Å². The fourth-order valence-electron chi connectivity index (χ4n) is 3.13. The lowest BCUT2D eigenvalue weighted by Crippen LogP contribution is -2.43. The van der Waals surface area contributed by atoms with E-state index in [0.717, 1.165) is 19.3 Å². The quantitative estimate of drug-likeness (QED) is 0.841. The van der Waals surface area contributed by atoms with Crippen molar-refractivity contribution in [2.75, 3.05) is 19.7 Å². The highest BCUT2D eigenvalue weighted by Gasteiger charge is 2.26. The van der Waals surface area contributed by atoms with E-state index in [4.69, 9.17) is 0 Å². The summed E-state index contributed by atoms with van der Waals surface area (Å²) >= 11 is 0. The normalized spacial score (nSPS) is 17.9. The van der Waals surface area contributed by atoms with Crippen LogP contribution in [0, 0.1) is 0 Å². The lowest BCUT2D eigenvalue weighted by atomic mass is 9.87. The van der Waals surface area contributed by atoms with Crippen molar-refractivity contribution in [2.24, 2.45) is 0 Å². The molecular formula is C17H26N2O2. The summed E-state index contributed by atoms with van der Waals surface area (Å²) < 4.78 is 0. The van der Waals surface area contributed by atoms with Crippen molar-refractivity contribution < 1.29 is 9.90 Å². The van der Waals surface area contributed by atoms with Crippen molar-refractivity contribution in [1.82, 2.24) is 10.2 Å². The molecule has 1 aliphatic carbocycles. The molecule has 4 heteroatoms. The number of benzene rings is 1. The number of hydrogen-bond acceptors (Lipinski definition) is 3. The summed E-state index contributed by atoms with van der Waals surface area (Å²) in [6.45, 7) is 4.88. The SMILES string of the molecule is CC(C)NC(=O)CN(CCO)C1CCCc2ccccc21. The fourth-order valence-corrected chi connectivity index (χ4v) is 3.13. The van der Waals surface area contributed by atoms with Gasteiger partial charge in [-0.1, -0.05) is 24.3 Å². The molecule has 0 radical (unpaired) electrons. The molecule has 0 saturated heterocycles. The highest BCUT2D eigenvalue weighted by Crippen LogP contribution is 2.33. The van der Waals surface area contributed by atoms with Gasteiger partial charge in [0.2, 0.25) is 5.91 Å². The molecule has 1 unspecified atom stereocenters. The maximum Gasteiger partial charge on any atom is 0.234 e. The molecule has 116 valence electrons. The van der Waals surface area contributed by atoms with Crippen LogP contribution in [0.15, 0.2) is 24.3 Å². The van der Waals surface area contributed by atoms with E-state index < -0.39 is 0 Å². The molecule has 0 fully saturated rings. The average molecular weight is 290 g/mol. The molecule has 1 aromatic rings. The van der Waals surface area contributed by atoms with Gasteiger partial charge < -0.3 is 10.4 Å². The second-order valence-corrected chi connectivity index (χ2v) is 6.02. The number of nitrogens with zero attached hydrogens (tertiary/aromatic N) is 1. The van der Waals surface area contributed by atoms with E-state index in [-0.39, 0.29) is 24.6 Å². The standard InChI is InChI=1S/C17H26N2O2/c1-13(2)18-17(21)12-19(10-11-20)16-9-5-7-14-6-3-4-8-15(14)16/h3-4,6,8,13,16,20H,5,7,9-12H2,1-2H3,(H,18,21). The Morgan fingerprint density at radius 2 is 2.19 bits per heavy atom. The van der Waals surface area contributed by atoms with Crippen LogP contribution in [-0.2, 0) is 11.2 Å². The second kappa shape index (κ2) is 7.57. The maximum atomic E-state index is 12.1. The van der Waals surface area contributed by atoms with E-state index in [1.165, 1.54) is 11.1 Å². The Labute approximate surface area is 127 Å². The van der Waals surface area contributed by atoms with Crippen LogP contribution in [-0.4, -0.2) is 41.7 Å². The van der Waals surface area contributed by atoms with Crippen LogP contribution in [0.25, 0.3) is 0 Å². The van der Waals surface area contributed by atoms with Gasteiger partial charge >= 0.3 is 0 Å².